The number of H-pyrrole nitrogens is 1. The predicted molar refractivity (Wildman–Crippen MR) is 138 cm³/mol. The van der Waals surface area contributed by atoms with Crippen molar-refractivity contribution in [1.29, 1.82) is 0 Å². The van der Waals surface area contributed by atoms with Gasteiger partial charge in [0.05, 0.1) is 33.8 Å². The lowest BCUT2D eigenvalue weighted by atomic mass is 9.88. The van der Waals surface area contributed by atoms with Crippen LogP contribution >= 0.6 is 0 Å². The van der Waals surface area contributed by atoms with E-state index in [9.17, 15) is 19.5 Å². The third-order valence-corrected chi connectivity index (χ3v) is 6.03. The van der Waals surface area contributed by atoms with Gasteiger partial charge in [0, 0.05) is 11.3 Å². The number of hydrogen-bond donors (Lipinski definition) is 2. The molecule has 2 heterocycles. The van der Waals surface area contributed by atoms with Crippen molar-refractivity contribution in [1.82, 2.24) is 9.78 Å². The van der Waals surface area contributed by atoms with Crippen molar-refractivity contribution in [3.8, 4) is 5.69 Å². The fourth-order valence-electron chi connectivity index (χ4n) is 4.42. The number of benzene rings is 3. The average molecular weight is 479 g/mol. The monoisotopic (exact) mass is 478 g/mol. The smallest absolute Gasteiger partial charge is 0.336 e. The Labute approximate surface area is 206 Å². The van der Waals surface area contributed by atoms with Gasteiger partial charge in [-0.05, 0) is 49.7 Å². The van der Waals surface area contributed by atoms with E-state index in [1.807, 2.05) is 24.3 Å². The van der Waals surface area contributed by atoms with Crippen LogP contribution in [0.3, 0.4) is 0 Å². The Morgan fingerprint density at radius 3 is 1.97 bits per heavy atom. The topological polar surface area (TPSA) is 108 Å². The number of hydrogen-bond acceptors (Lipinski definition) is 4. The molecule has 8 heteroatoms. The molecule has 36 heavy (non-hydrogen) atoms. The van der Waals surface area contributed by atoms with Crippen molar-refractivity contribution >= 4 is 28.8 Å². The molecule has 0 aliphatic carbocycles. The zero-order valence-corrected chi connectivity index (χ0v) is 19.6. The molecule has 0 spiro atoms. The van der Waals surface area contributed by atoms with Crippen LogP contribution in [0.4, 0.5) is 5.69 Å². The molecule has 0 saturated carbocycles. The standard InChI is InChI=1S/C28H22N4O4/c1-17-23(26(33)31(29-17)19-11-5-3-6-12-19)25(21-15-9-10-16-22(21)28(35)36)24-18(2)30-32(27(24)34)20-13-7-4-8-14-20/h3-16,29H,1-2H3,(H,35,36)/b25-24-. The highest BCUT2D eigenvalue weighted by molar-refractivity contribution is 6.34. The molecule has 4 aromatic rings. The average Bonchev–Trinajstić information content (AvgIpc) is 3.36. The second-order valence-corrected chi connectivity index (χ2v) is 8.33. The maximum Gasteiger partial charge on any atom is 0.336 e. The molecule has 2 N–H and O–H groups in total. The molecule has 1 amide bonds. The summed E-state index contributed by atoms with van der Waals surface area (Å²) in [6.45, 7) is 3.40. The van der Waals surface area contributed by atoms with Gasteiger partial charge >= 0.3 is 5.97 Å². The van der Waals surface area contributed by atoms with E-state index in [0.29, 0.717) is 22.8 Å². The van der Waals surface area contributed by atoms with E-state index in [1.165, 1.54) is 15.8 Å². The van der Waals surface area contributed by atoms with E-state index in [-0.39, 0.29) is 27.8 Å². The molecule has 5 rings (SSSR count). The minimum Gasteiger partial charge on any atom is -0.478 e. The molecule has 0 atom stereocenters. The predicted octanol–water partition coefficient (Wildman–Crippen LogP) is 4.40. The highest BCUT2D eigenvalue weighted by Gasteiger charge is 2.35. The molecule has 0 bridgehead atoms. The minimum absolute atomic E-state index is 0.0231. The number of aryl methyl sites for hydroxylation is 1. The molecular formula is C28H22N4O4. The number of para-hydroxylation sites is 2. The minimum atomic E-state index is -1.17. The van der Waals surface area contributed by atoms with Gasteiger partial charge in [0.2, 0.25) is 0 Å². The van der Waals surface area contributed by atoms with Crippen LogP contribution in [0.15, 0.2) is 100 Å². The molecule has 8 nitrogen and oxygen atoms in total. The van der Waals surface area contributed by atoms with Crippen LogP contribution in [0, 0.1) is 6.92 Å². The van der Waals surface area contributed by atoms with Gasteiger partial charge in [0.1, 0.15) is 0 Å². The number of nitrogens with zero attached hydrogens (tertiary/aromatic N) is 3. The van der Waals surface area contributed by atoms with Gasteiger partial charge in [-0.1, -0.05) is 54.6 Å². The fourth-order valence-corrected chi connectivity index (χ4v) is 4.42. The maximum atomic E-state index is 13.8. The van der Waals surface area contributed by atoms with E-state index < -0.39 is 17.4 Å². The molecule has 1 aromatic heterocycles. The maximum absolute atomic E-state index is 13.8. The van der Waals surface area contributed by atoms with Crippen molar-refractivity contribution in [3.05, 3.63) is 123 Å². The Morgan fingerprint density at radius 1 is 0.806 bits per heavy atom. The number of carboxylic acids is 1. The Bertz CT molecular complexity index is 1610. The Balaban J connectivity index is 1.82. The van der Waals surface area contributed by atoms with Crippen molar-refractivity contribution in [3.63, 3.8) is 0 Å². The number of hydrazone groups is 1. The second kappa shape index (κ2) is 8.99. The quantitative estimate of drug-likeness (QED) is 0.415. The summed E-state index contributed by atoms with van der Waals surface area (Å²) in [6.07, 6.45) is 0. The third kappa shape index (κ3) is 3.74. The van der Waals surface area contributed by atoms with Gasteiger partial charge in [0.15, 0.2) is 0 Å². The van der Waals surface area contributed by atoms with E-state index in [4.69, 9.17) is 0 Å². The summed E-state index contributed by atoms with van der Waals surface area (Å²) in [5.74, 6) is -1.61. The second-order valence-electron chi connectivity index (χ2n) is 8.33. The summed E-state index contributed by atoms with van der Waals surface area (Å²) in [5, 5.41) is 18.8. The van der Waals surface area contributed by atoms with Crippen molar-refractivity contribution in [2.45, 2.75) is 13.8 Å². The van der Waals surface area contributed by atoms with Crippen LogP contribution < -0.4 is 10.6 Å². The number of nitrogens with one attached hydrogen (secondary N) is 1. The highest BCUT2D eigenvalue weighted by atomic mass is 16.4. The zero-order valence-electron chi connectivity index (χ0n) is 19.6. The van der Waals surface area contributed by atoms with Gasteiger partial charge in [-0.2, -0.15) is 10.1 Å². The van der Waals surface area contributed by atoms with Crippen molar-refractivity contribution in [2.24, 2.45) is 5.10 Å². The lowest BCUT2D eigenvalue weighted by Gasteiger charge is -2.15. The van der Waals surface area contributed by atoms with Crippen LogP contribution in [-0.4, -0.2) is 32.5 Å². The molecule has 1 aliphatic rings. The Morgan fingerprint density at radius 2 is 1.36 bits per heavy atom. The number of amides is 1. The van der Waals surface area contributed by atoms with Gasteiger partial charge in [-0.25, -0.2) is 9.48 Å². The molecular weight excluding hydrogens is 456 g/mol. The first-order chi connectivity index (χ1) is 17.4. The van der Waals surface area contributed by atoms with Crippen molar-refractivity contribution < 1.29 is 14.7 Å². The lowest BCUT2D eigenvalue weighted by molar-refractivity contribution is -0.114. The number of aromatic amines is 1. The molecule has 0 radical (unpaired) electrons. The number of aromatic carboxylic acids is 1. The van der Waals surface area contributed by atoms with Crippen LogP contribution in [0.5, 0.6) is 0 Å². The number of rotatable bonds is 5. The summed E-state index contributed by atoms with van der Waals surface area (Å²) >= 11 is 0. The summed E-state index contributed by atoms with van der Waals surface area (Å²) in [4.78, 5) is 39.7. The highest BCUT2D eigenvalue weighted by Crippen LogP contribution is 2.35. The first-order valence-electron chi connectivity index (χ1n) is 11.3. The molecule has 0 unspecified atom stereocenters. The van der Waals surface area contributed by atoms with Gasteiger partial charge in [-0.3, -0.25) is 14.7 Å². The Hall–Kier alpha value is -4.98. The van der Waals surface area contributed by atoms with Gasteiger partial charge < -0.3 is 5.11 Å². The molecule has 0 fully saturated rings. The third-order valence-electron chi connectivity index (χ3n) is 6.03. The van der Waals surface area contributed by atoms with Gasteiger partial charge in [-0.15, -0.1) is 0 Å². The normalized spacial score (nSPS) is 14.7. The van der Waals surface area contributed by atoms with Crippen LogP contribution in [0.2, 0.25) is 0 Å². The first kappa shape index (κ1) is 22.8. The Kier molecular flexibility index (Phi) is 5.69. The van der Waals surface area contributed by atoms with E-state index >= 15 is 0 Å². The van der Waals surface area contributed by atoms with E-state index in [0.717, 1.165) is 0 Å². The van der Waals surface area contributed by atoms with Crippen LogP contribution in [0.25, 0.3) is 11.3 Å². The summed E-state index contributed by atoms with van der Waals surface area (Å²) in [6, 6.07) is 24.3. The zero-order chi connectivity index (χ0) is 25.4. The summed E-state index contributed by atoms with van der Waals surface area (Å²) < 4.78 is 1.38. The molecule has 0 saturated heterocycles. The number of aromatic nitrogens is 2. The molecule has 3 aromatic carbocycles. The summed E-state index contributed by atoms with van der Waals surface area (Å²) in [7, 11) is 0. The number of anilines is 1. The SMILES string of the molecule is CC1=NN(c2ccccc2)C(=O)/C1=C(/c1ccccc1C(=O)O)c1c(C)[nH]n(-c2ccccc2)c1=O. The lowest BCUT2D eigenvalue weighted by Crippen LogP contribution is -2.24. The van der Waals surface area contributed by atoms with Gasteiger partial charge in [0.25, 0.3) is 11.5 Å². The molecule has 1 aliphatic heterocycles. The van der Waals surface area contributed by atoms with Crippen molar-refractivity contribution in [2.75, 3.05) is 5.01 Å². The van der Waals surface area contributed by atoms with E-state index in [2.05, 4.69) is 10.2 Å². The molecule has 178 valence electrons. The first-order valence-corrected chi connectivity index (χ1v) is 11.3. The largest absolute Gasteiger partial charge is 0.478 e. The number of carboxylic acid groups (broad SMARTS) is 1. The summed E-state index contributed by atoms with van der Waals surface area (Å²) in [5.41, 5.74) is 2.49. The number of carbonyl (C=O) groups excluding carboxylic acids is 1. The fraction of sp³-hybridized carbons (Fsp3) is 0.0714. The van der Waals surface area contributed by atoms with E-state index in [1.54, 1.807) is 68.4 Å². The van der Waals surface area contributed by atoms with Crippen LogP contribution in [0.1, 0.15) is 34.1 Å². The van der Waals surface area contributed by atoms with Crippen LogP contribution in [-0.2, 0) is 4.79 Å². The number of carbonyl (C=O) groups is 2.